The summed E-state index contributed by atoms with van der Waals surface area (Å²) in [5.74, 6) is 0.549. The molecule has 0 aliphatic carbocycles. The molecule has 2 aromatic rings. The van der Waals surface area contributed by atoms with Gasteiger partial charge in [0.25, 0.3) is 11.6 Å². The molecule has 0 fully saturated rings. The monoisotopic (exact) mass is 369 g/mol. The number of carbonyl (C=O) groups is 1. The van der Waals surface area contributed by atoms with Gasteiger partial charge in [-0.2, -0.15) is 5.10 Å². The van der Waals surface area contributed by atoms with Crippen molar-refractivity contribution in [2.75, 3.05) is 6.61 Å². The summed E-state index contributed by atoms with van der Waals surface area (Å²) in [4.78, 5) is 22.4. The van der Waals surface area contributed by atoms with Crippen molar-refractivity contribution in [2.45, 2.75) is 33.6 Å². The van der Waals surface area contributed by atoms with Gasteiger partial charge < -0.3 is 4.74 Å². The van der Waals surface area contributed by atoms with Gasteiger partial charge in [0, 0.05) is 17.7 Å². The van der Waals surface area contributed by atoms with Crippen molar-refractivity contribution in [3.8, 4) is 5.75 Å². The Hall–Kier alpha value is -3.22. The van der Waals surface area contributed by atoms with Gasteiger partial charge >= 0.3 is 0 Å². The molecule has 2 aromatic carbocycles. The minimum atomic E-state index is -0.475. The number of nitrogens with one attached hydrogen (secondary N) is 1. The molecule has 27 heavy (non-hydrogen) atoms. The largest absolute Gasteiger partial charge is 0.483 e. The highest BCUT2D eigenvalue weighted by molar-refractivity contribution is 5.99. The Kier molecular flexibility index (Phi) is 6.65. The van der Waals surface area contributed by atoms with E-state index in [2.05, 4.69) is 24.4 Å². The molecular weight excluding hydrogens is 346 g/mol. The predicted octanol–water partition coefficient (Wildman–Crippen LogP) is 3.95. The van der Waals surface area contributed by atoms with Crippen LogP contribution in [0, 0.1) is 17.0 Å². The van der Waals surface area contributed by atoms with E-state index in [4.69, 9.17) is 4.74 Å². The summed E-state index contributed by atoms with van der Waals surface area (Å²) in [6.45, 7) is 7.57. The first-order valence-electron chi connectivity index (χ1n) is 8.59. The molecule has 0 heterocycles. The van der Waals surface area contributed by atoms with Crippen LogP contribution in [-0.2, 0) is 4.79 Å². The van der Waals surface area contributed by atoms with Crippen LogP contribution in [0.2, 0.25) is 0 Å². The molecule has 7 heteroatoms. The van der Waals surface area contributed by atoms with Crippen LogP contribution in [0.25, 0.3) is 0 Å². The van der Waals surface area contributed by atoms with Crippen molar-refractivity contribution in [1.29, 1.82) is 0 Å². The Bertz CT molecular complexity index is 875. The fourth-order valence-electron chi connectivity index (χ4n) is 2.47. The maximum Gasteiger partial charge on any atom is 0.277 e. The van der Waals surface area contributed by atoms with Crippen LogP contribution in [0.3, 0.4) is 0 Å². The number of carbonyl (C=O) groups excluding carboxylic acids is 1. The zero-order chi connectivity index (χ0) is 20.0. The number of hydrogen-bond donors (Lipinski definition) is 1. The smallest absolute Gasteiger partial charge is 0.277 e. The summed E-state index contributed by atoms with van der Waals surface area (Å²) in [7, 11) is 0. The van der Waals surface area contributed by atoms with Gasteiger partial charge in [-0.25, -0.2) is 5.43 Å². The van der Waals surface area contributed by atoms with Crippen molar-refractivity contribution in [2.24, 2.45) is 5.10 Å². The standard InChI is InChI=1S/C20H23N3O4/c1-13(2)18-9-8-14(3)10-19(18)27-12-20(24)22-21-15(4)16-6-5-7-17(11-16)23(25)26/h5-11,13H,12H2,1-4H3,(H,22,24)/b21-15+. The average Bonchev–Trinajstić information content (AvgIpc) is 2.64. The van der Waals surface area contributed by atoms with Crippen LogP contribution in [-0.4, -0.2) is 23.1 Å². The Morgan fingerprint density at radius 3 is 2.67 bits per heavy atom. The van der Waals surface area contributed by atoms with Crippen LogP contribution in [0.15, 0.2) is 47.6 Å². The Balaban J connectivity index is 2.00. The maximum absolute atomic E-state index is 12.0. The Labute approximate surface area is 158 Å². The highest BCUT2D eigenvalue weighted by Gasteiger charge is 2.11. The molecule has 0 aliphatic rings. The molecule has 0 radical (unpaired) electrons. The molecule has 0 spiro atoms. The van der Waals surface area contributed by atoms with Crippen LogP contribution in [0.5, 0.6) is 5.75 Å². The van der Waals surface area contributed by atoms with Gasteiger partial charge in [0.05, 0.1) is 10.6 Å². The van der Waals surface area contributed by atoms with Crippen LogP contribution in [0.1, 0.15) is 43.4 Å². The lowest BCUT2D eigenvalue weighted by atomic mass is 10.0. The van der Waals surface area contributed by atoms with Crippen molar-refractivity contribution in [3.05, 3.63) is 69.3 Å². The third-order valence-corrected chi connectivity index (χ3v) is 3.97. The van der Waals surface area contributed by atoms with Crippen LogP contribution >= 0.6 is 0 Å². The van der Waals surface area contributed by atoms with Crippen molar-refractivity contribution < 1.29 is 14.5 Å². The van der Waals surface area contributed by atoms with Gasteiger partial charge in [-0.1, -0.05) is 38.1 Å². The van der Waals surface area contributed by atoms with E-state index in [-0.39, 0.29) is 18.2 Å². The Morgan fingerprint density at radius 1 is 1.26 bits per heavy atom. The molecular formula is C20H23N3O4. The van der Waals surface area contributed by atoms with Gasteiger partial charge in [-0.3, -0.25) is 14.9 Å². The third-order valence-electron chi connectivity index (χ3n) is 3.97. The first-order valence-corrected chi connectivity index (χ1v) is 8.59. The molecule has 0 bridgehead atoms. The number of benzene rings is 2. The number of non-ortho nitro benzene ring substituents is 1. The molecule has 142 valence electrons. The normalized spacial score (nSPS) is 11.4. The third kappa shape index (κ3) is 5.64. The Morgan fingerprint density at radius 2 is 2.00 bits per heavy atom. The lowest BCUT2D eigenvalue weighted by molar-refractivity contribution is -0.384. The van der Waals surface area contributed by atoms with E-state index in [0.717, 1.165) is 11.1 Å². The average molecular weight is 369 g/mol. The molecule has 2 rings (SSSR count). The molecule has 7 nitrogen and oxygen atoms in total. The van der Waals surface area contributed by atoms with E-state index in [9.17, 15) is 14.9 Å². The molecule has 0 saturated heterocycles. The summed E-state index contributed by atoms with van der Waals surface area (Å²) in [6.07, 6.45) is 0. The fraction of sp³-hybridized carbons (Fsp3) is 0.300. The van der Waals surface area contributed by atoms with Crippen molar-refractivity contribution in [3.63, 3.8) is 0 Å². The first kappa shape index (κ1) is 20.1. The molecule has 1 amide bonds. The number of ether oxygens (including phenoxy) is 1. The van der Waals surface area contributed by atoms with E-state index in [1.54, 1.807) is 19.1 Å². The summed E-state index contributed by atoms with van der Waals surface area (Å²) in [5, 5.41) is 14.8. The molecule has 0 atom stereocenters. The van der Waals surface area contributed by atoms with E-state index >= 15 is 0 Å². The number of hydrazone groups is 1. The first-order chi connectivity index (χ1) is 12.8. The van der Waals surface area contributed by atoms with Gasteiger partial charge in [0.2, 0.25) is 0 Å². The molecule has 0 aromatic heterocycles. The van der Waals surface area contributed by atoms with E-state index < -0.39 is 10.8 Å². The second-order valence-electron chi connectivity index (χ2n) is 6.52. The maximum atomic E-state index is 12.0. The highest BCUT2D eigenvalue weighted by atomic mass is 16.6. The topological polar surface area (TPSA) is 93.8 Å². The van der Waals surface area contributed by atoms with Gasteiger partial charge in [-0.05, 0) is 37.0 Å². The molecule has 0 saturated carbocycles. The molecule has 0 aliphatic heterocycles. The van der Waals surface area contributed by atoms with E-state index in [0.29, 0.717) is 17.0 Å². The number of nitro benzene ring substituents is 1. The molecule has 0 unspecified atom stereocenters. The number of aryl methyl sites for hydroxylation is 1. The number of hydrogen-bond acceptors (Lipinski definition) is 5. The minimum absolute atomic E-state index is 0.0302. The van der Waals surface area contributed by atoms with E-state index in [1.165, 1.54) is 12.1 Å². The zero-order valence-corrected chi connectivity index (χ0v) is 15.9. The van der Waals surface area contributed by atoms with Gasteiger partial charge in [0.15, 0.2) is 6.61 Å². The second-order valence-corrected chi connectivity index (χ2v) is 6.52. The quantitative estimate of drug-likeness (QED) is 0.454. The summed E-state index contributed by atoms with van der Waals surface area (Å²) in [5.41, 5.74) is 5.49. The van der Waals surface area contributed by atoms with Crippen LogP contribution in [0.4, 0.5) is 5.69 Å². The number of nitrogens with zero attached hydrogens (tertiary/aromatic N) is 2. The number of rotatable bonds is 7. The van der Waals surface area contributed by atoms with Crippen molar-refractivity contribution >= 4 is 17.3 Å². The van der Waals surface area contributed by atoms with Gasteiger partial charge in [0.1, 0.15) is 5.75 Å². The lowest BCUT2D eigenvalue weighted by Crippen LogP contribution is -2.26. The summed E-state index contributed by atoms with van der Waals surface area (Å²) in [6, 6.07) is 12.0. The predicted molar refractivity (Wildman–Crippen MR) is 104 cm³/mol. The van der Waals surface area contributed by atoms with E-state index in [1.807, 2.05) is 25.1 Å². The SMILES string of the molecule is C/C(=N\NC(=O)COc1cc(C)ccc1C(C)C)c1cccc([N+](=O)[O-])c1. The summed E-state index contributed by atoms with van der Waals surface area (Å²) >= 11 is 0. The highest BCUT2D eigenvalue weighted by Crippen LogP contribution is 2.27. The fourth-order valence-corrected chi connectivity index (χ4v) is 2.47. The lowest BCUT2D eigenvalue weighted by Gasteiger charge is -2.14. The summed E-state index contributed by atoms with van der Waals surface area (Å²) < 4.78 is 5.66. The van der Waals surface area contributed by atoms with Crippen molar-refractivity contribution in [1.82, 2.24) is 5.43 Å². The van der Waals surface area contributed by atoms with Gasteiger partial charge in [-0.15, -0.1) is 0 Å². The number of amides is 1. The minimum Gasteiger partial charge on any atom is -0.483 e. The second kappa shape index (κ2) is 8.93. The molecule has 1 N–H and O–H groups in total. The van der Waals surface area contributed by atoms with Crippen LogP contribution < -0.4 is 10.2 Å². The number of nitro groups is 1. The zero-order valence-electron chi connectivity index (χ0n) is 15.9.